The lowest BCUT2D eigenvalue weighted by atomic mass is 10.1. The third-order valence-corrected chi connectivity index (χ3v) is 4.00. The fraction of sp³-hybridized carbons (Fsp3) is 0.150. The molecule has 0 amide bonds. The topological polar surface area (TPSA) is 86.5 Å². The van der Waals surface area contributed by atoms with Crippen molar-refractivity contribution in [2.45, 2.75) is 6.92 Å². The summed E-state index contributed by atoms with van der Waals surface area (Å²) in [5, 5.41) is 12.8. The van der Waals surface area contributed by atoms with Gasteiger partial charge in [-0.15, -0.1) is 0 Å². The highest BCUT2D eigenvalue weighted by atomic mass is 16.5. The second-order valence-corrected chi connectivity index (χ2v) is 5.64. The van der Waals surface area contributed by atoms with Gasteiger partial charge in [0.1, 0.15) is 17.0 Å². The fourth-order valence-corrected chi connectivity index (χ4v) is 2.68. The highest BCUT2D eigenvalue weighted by molar-refractivity contribution is 5.92. The Morgan fingerprint density at radius 2 is 1.85 bits per heavy atom. The molecule has 0 aliphatic carbocycles. The fourth-order valence-electron chi connectivity index (χ4n) is 2.68. The van der Waals surface area contributed by atoms with E-state index in [1.165, 1.54) is 18.2 Å². The molecule has 0 spiro atoms. The molecule has 3 rings (SSSR count). The molecule has 0 radical (unpaired) electrons. The van der Waals surface area contributed by atoms with Gasteiger partial charge in [0.25, 0.3) is 5.52 Å². The molecule has 0 fully saturated rings. The third-order valence-electron chi connectivity index (χ3n) is 4.00. The number of para-hydroxylation sites is 2. The van der Waals surface area contributed by atoms with Crippen molar-refractivity contribution >= 4 is 29.2 Å². The zero-order valence-corrected chi connectivity index (χ0v) is 14.9. The summed E-state index contributed by atoms with van der Waals surface area (Å²) in [6, 6.07) is 13.4. The Labute approximate surface area is 155 Å². The minimum absolute atomic E-state index is 0.0852. The number of esters is 1. The van der Waals surface area contributed by atoms with Crippen LogP contribution in [0.1, 0.15) is 28.7 Å². The van der Waals surface area contributed by atoms with E-state index >= 15 is 0 Å². The van der Waals surface area contributed by atoms with Crippen molar-refractivity contribution in [1.29, 1.82) is 0 Å². The molecule has 0 bridgehead atoms. The molecule has 27 heavy (non-hydrogen) atoms. The summed E-state index contributed by atoms with van der Waals surface area (Å²) in [4.78, 5) is 25.1. The molecule has 1 heterocycles. The van der Waals surface area contributed by atoms with Crippen LogP contribution < -0.4 is 9.16 Å². The molecule has 138 valence electrons. The monoisotopic (exact) mass is 366 g/mol. The first-order valence-electron chi connectivity index (χ1n) is 8.34. The summed E-state index contributed by atoms with van der Waals surface area (Å²) in [6.07, 6.45) is 3.07. The van der Waals surface area contributed by atoms with Crippen LogP contribution in [-0.4, -0.2) is 24.4 Å². The number of aromatic nitrogens is 2. The minimum Gasteiger partial charge on any atom is -0.805 e. The lowest BCUT2D eigenvalue weighted by Crippen LogP contribution is -2.31. The summed E-state index contributed by atoms with van der Waals surface area (Å²) in [5.41, 5.74) is 0.594. The second-order valence-electron chi connectivity index (χ2n) is 5.64. The zero-order valence-electron chi connectivity index (χ0n) is 14.9. The van der Waals surface area contributed by atoms with Gasteiger partial charge in [-0.3, -0.25) is 0 Å². The average Bonchev–Trinajstić information content (AvgIpc) is 2.70. The van der Waals surface area contributed by atoms with Gasteiger partial charge in [-0.05, 0) is 36.8 Å². The SMILES string of the molecule is CCOC(=O)c1c(/C=C/c2ccc(OC)cc2)n([O-])c2ccccc2[n+]1=O. The van der Waals surface area contributed by atoms with Gasteiger partial charge in [0, 0.05) is 11.0 Å². The van der Waals surface area contributed by atoms with Gasteiger partial charge < -0.3 is 19.4 Å². The predicted molar refractivity (Wildman–Crippen MR) is 102 cm³/mol. The highest BCUT2D eigenvalue weighted by Crippen LogP contribution is 2.19. The number of benzene rings is 2. The van der Waals surface area contributed by atoms with Gasteiger partial charge in [-0.1, -0.05) is 30.3 Å². The summed E-state index contributed by atoms with van der Waals surface area (Å²) in [6.45, 7) is 1.72. The number of carbonyl (C=O) groups excluding carboxylic acids is 1. The van der Waals surface area contributed by atoms with E-state index in [0.29, 0.717) is 14.9 Å². The maximum absolute atomic E-state index is 12.8. The van der Waals surface area contributed by atoms with Crippen molar-refractivity contribution in [2.24, 2.45) is 0 Å². The van der Waals surface area contributed by atoms with E-state index in [1.54, 1.807) is 56.5 Å². The van der Waals surface area contributed by atoms with Gasteiger partial charge in [0.05, 0.1) is 18.1 Å². The normalized spacial score (nSPS) is 11.0. The molecule has 0 N–H and O–H groups in total. The smallest absolute Gasteiger partial charge is 0.411 e. The number of fused-ring (bicyclic) bond motifs is 1. The van der Waals surface area contributed by atoms with Crippen LogP contribution >= 0.6 is 0 Å². The summed E-state index contributed by atoms with van der Waals surface area (Å²) < 4.78 is 11.1. The molecule has 0 aliphatic rings. The molecule has 0 saturated heterocycles. The Kier molecular flexibility index (Phi) is 5.21. The van der Waals surface area contributed by atoms with Crippen LogP contribution in [0.5, 0.6) is 5.75 Å². The quantitative estimate of drug-likeness (QED) is 0.511. The van der Waals surface area contributed by atoms with Crippen LogP contribution in [0.4, 0.5) is 0 Å². The minimum atomic E-state index is -0.850. The molecule has 7 nitrogen and oxygen atoms in total. The Hall–Kier alpha value is -3.61. The van der Waals surface area contributed by atoms with Crippen molar-refractivity contribution < 1.29 is 18.7 Å². The lowest BCUT2D eigenvalue weighted by Gasteiger charge is -2.16. The van der Waals surface area contributed by atoms with Crippen LogP contribution in [0.15, 0.2) is 48.5 Å². The molecule has 0 unspecified atom stereocenters. The van der Waals surface area contributed by atoms with Crippen molar-refractivity contribution in [3.05, 3.63) is 75.6 Å². The Bertz CT molecular complexity index is 1070. The van der Waals surface area contributed by atoms with E-state index in [-0.39, 0.29) is 29.0 Å². The van der Waals surface area contributed by atoms with Crippen LogP contribution in [0.2, 0.25) is 0 Å². The van der Waals surface area contributed by atoms with Crippen molar-refractivity contribution in [2.75, 3.05) is 13.7 Å². The summed E-state index contributed by atoms with van der Waals surface area (Å²) in [7, 11) is 1.57. The van der Waals surface area contributed by atoms with E-state index in [4.69, 9.17) is 9.47 Å². The number of hydrogen-bond donors (Lipinski definition) is 0. The number of methoxy groups -OCH3 is 1. The largest absolute Gasteiger partial charge is 0.805 e. The summed E-state index contributed by atoms with van der Waals surface area (Å²) >= 11 is 0. The molecule has 0 atom stereocenters. The maximum Gasteiger partial charge on any atom is 0.411 e. The first kappa shape index (κ1) is 18.2. The van der Waals surface area contributed by atoms with Gasteiger partial charge in [0.2, 0.25) is 0 Å². The highest BCUT2D eigenvalue weighted by Gasteiger charge is 2.29. The van der Waals surface area contributed by atoms with Gasteiger partial charge in [-0.2, -0.15) is 0 Å². The molecule has 7 heteroatoms. The molecule has 3 aromatic rings. The van der Waals surface area contributed by atoms with Crippen molar-refractivity contribution in [3.8, 4) is 5.75 Å². The molecule has 0 aliphatic heterocycles. The number of nitrogens with zero attached hydrogens (tertiary/aromatic N) is 2. The molecule has 2 aromatic carbocycles. The molecule has 0 saturated carbocycles. The lowest BCUT2D eigenvalue weighted by molar-refractivity contribution is -0.469. The molecular formula is C20H18N2O5. The number of ether oxygens (including phenoxy) is 2. The van der Waals surface area contributed by atoms with Crippen LogP contribution in [0.3, 0.4) is 0 Å². The van der Waals surface area contributed by atoms with E-state index in [2.05, 4.69) is 0 Å². The van der Waals surface area contributed by atoms with E-state index in [1.807, 2.05) is 0 Å². The van der Waals surface area contributed by atoms with Crippen LogP contribution in [0, 0.1) is 10.1 Å². The van der Waals surface area contributed by atoms with E-state index in [9.17, 15) is 14.9 Å². The second kappa shape index (κ2) is 7.74. The Morgan fingerprint density at radius 3 is 2.52 bits per heavy atom. The van der Waals surface area contributed by atoms with Gasteiger partial charge in [0.15, 0.2) is 0 Å². The van der Waals surface area contributed by atoms with Gasteiger partial charge in [-0.25, -0.2) is 4.79 Å². The molecule has 1 aromatic heterocycles. The number of rotatable bonds is 5. The number of carbonyl (C=O) groups is 1. The predicted octanol–water partition coefficient (Wildman–Crippen LogP) is 3.26. The van der Waals surface area contributed by atoms with Crippen LogP contribution in [-0.2, 0) is 4.74 Å². The van der Waals surface area contributed by atoms with E-state index in [0.717, 1.165) is 5.56 Å². The summed E-state index contributed by atoms with van der Waals surface area (Å²) in [5.74, 6) is -0.154. The van der Waals surface area contributed by atoms with Gasteiger partial charge >= 0.3 is 11.7 Å². The first-order chi connectivity index (χ1) is 13.1. The molecular weight excluding hydrogens is 348 g/mol. The van der Waals surface area contributed by atoms with Crippen molar-refractivity contribution in [1.82, 2.24) is 4.73 Å². The number of hydrogen-bond acceptors (Lipinski definition) is 5. The van der Waals surface area contributed by atoms with Crippen molar-refractivity contribution in [3.63, 3.8) is 0 Å². The standard InChI is InChI=1S/C20H18N2O5/c1-3-27-20(23)19-18(13-10-14-8-11-15(26-2)12-9-14)21(24)16-6-4-5-7-17(16)22(19)25/h4-13H,3H2,1-2H3/b13-10+. The third kappa shape index (κ3) is 3.52. The average molecular weight is 366 g/mol. The first-order valence-corrected chi connectivity index (χ1v) is 8.34. The Morgan fingerprint density at radius 1 is 1.15 bits per heavy atom. The van der Waals surface area contributed by atoms with E-state index < -0.39 is 5.97 Å². The zero-order chi connectivity index (χ0) is 19.4. The van der Waals surface area contributed by atoms with Crippen LogP contribution in [0.25, 0.3) is 23.2 Å². The Balaban J connectivity index is 2.18. The maximum atomic E-state index is 12.8.